The minimum Gasteiger partial charge on any atom is -0.462 e. The molecule has 354 valence electrons. The van der Waals surface area contributed by atoms with Crippen LogP contribution in [0.25, 0.3) is 0 Å². The second kappa shape index (κ2) is 48.4. The summed E-state index contributed by atoms with van der Waals surface area (Å²) in [5, 5.41) is 23.7. The van der Waals surface area contributed by atoms with Gasteiger partial charge in [0.1, 0.15) is 6.10 Å². The monoisotopic (exact) mass is 846 g/mol. The van der Waals surface area contributed by atoms with Crippen LogP contribution in [0.15, 0.2) is 24.3 Å². The van der Waals surface area contributed by atoms with Crippen LogP contribution in [0.3, 0.4) is 0 Å². The SMILES string of the molecule is CCCCCCCC/C=C/CCCCCCCCCC(=O)OC(CCCCC/C=C/CCCCCCCCC)CC(=O)NC(CO)C(O)CCCCCCCCCCCC. The van der Waals surface area contributed by atoms with Gasteiger partial charge in [-0.05, 0) is 77.0 Å². The maximum Gasteiger partial charge on any atom is 0.306 e. The number of unbranched alkanes of at least 4 members (excludes halogenated alkanes) is 32. The molecule has 6 nitrogen and oxygen atoms in total. The lowest BCUT2D eigenvalue weighted by molar-refractivity contribution is -0.151. The molecule has 3 N–H and O–H groups in total. The Hall–Kier alpha value is -1.66. The Morgan fingerprint density at radius 2 is 0.800 bits per heavy atom. The van der Waals surface area contributed by atoms with Crippen LogP contribution in [-0.4, -0.2) is 46.9 Å². The molecule has 60 heavy (non-hydrogen) atoms. The molecule has 0 aromatic heterocycles. The zero-order valence-electron chi connectivity index (χ0n) is 40.4. The lowest BCUT2D eigenvalue weighted by atomic mass is 10.0. The van der Waals surface area contributed by atoms with Crippen LogP contribution < -0.4 is 5.32 Å². The number of hydrogen-bond acceptors (Lipinski definition) is 5. The van der Waals surface area contributed by atoms with E-state index in [1.54, 1.807) is 0 Å². The molecule has 0 heterocycles. The van der Waals surface area contributed by atoms with Gasteiger partial charge in [-0.1, -0.05) is 218 Å². The van der Waals surface area contributed by atoms with Gasteiger partial charge in [0.05, 0.1) is 25.2 Å². The Morgan fingerprint density at radius 1 is 0.467 bits per heavy atom. The molecule has 0 aromatic carbocycles. The number of allylic oxidation sites excluding steroid dienone is 4. The highest BCUT2D eigenvalue weighted by Crippen LogP contribution is 2.18. The van der Waals surface area contributed by atoms with E-state index in [0.29, 0.717) is 19.3 Å². The highest BCUT2D eigenvalue weighted by atomic mass is 16.5. The number of esters is 1. The molecule has 0 radical (unpaired) electrons. The van der Waals surface area contributed by atoms with Crippen LogP contribution in [0.1, 0.15) is 284 Å². The number of aliphatic hydroxyl groups excluding tert-OH is 2. The van der Waals surface area contributed by atoms with E-state index in [1.807, 2.05) is 0 Å². The lowest BCUT2D eigenvalue weighted by Crippen LogP contribution is -2.46. The third-order valence-corrected chi connectivity index (χ3v) is 12.3. The van der Waals surface area contributed by atoms with Gasteiger partial charge in [0.25, 0.3) is 0 Å². The Morgan fingerprint density at radius 3 is 1.20 bits per heavy atom. The molecule has 0 aromatic rings. The predicted octanol–water partition coefficient (Wildman–Crippen LogP) is 15.9. The maximum absolute atomic E-state index is 13.2. The van der Waals surface area contributed by atoms with Gasteiger partial charge in [-0.15, -0.1) is 0 Å². The van der Waals surface area contributed by atoms with Gasteiger partial charge in [-0.2, -0.15) is 0 Å². The minimum absolute atomic E-state index is 0.0692. The maximum atomic E-state index is 13.2. The van der Waals surface area contributed by atoms with Gasteiger partial charge in [-0.25, -0.2) is 0 Å². The molecular formula is C54H103NO5. The number of aliphatic hydroxyl groups is 2. The first-order valence-electron chi connectivity index (χ1n) is 26.6. The Labute approximate surface area is 373 Å². The highest BCUT2D eigenvalue weighted by Gasteiger charge is 2.24. The first-order valence-corrected chi connectivity index (χ1v) is 26.6. The van der Waals surface area contributed by atoms with Crippen molar-refractivity contribution in [2.24, 2.45) is 0 Å². The topological polar surface area (TPSA) is 95.9 Å². The molecule has 3 atom stereocenters. The van der Waals surface area contributed by atoms with Gasteiger partial charge in [0.2, 0.25) is 5.91 Å². The molecule has 0 saturated carbocycles. The smallest absolute Gasteiger partial charge is 0.306 e. The summed E-state index contributed by atoms with van der Waals surface area (Å²) in [6, 6.07) is -0.702. The summed E-state index contributed by atoms with van der Waals surface area (Å²) < 4.78 is 5.93. The molecule has 0 aliphatic carbocycles. The van der Waals surface area contributed by atoms with Crippen molar-refractivity contribution in [3.63, 3.8) is 0 Å². The zero-order chi connectivity index (χ0) is 43.8. The van der Waals surface area contributed by atoms with Gasteiger partial charge in [0.15, 0.2) is 0 Å². The molecule has 0 aliphatic heterocycles. The number of nitrogens with one attached hydrogen (secondary N) is 1. The molecule has 0 aliphatic rings. The predicted molar refractivity (Wildman–Crippen MR) is 260 cm³/mol. The van der Waals surface area contributed by atoms with E-state index in [2.05, 4.69) is 50.4 Å². The molecular weight excluding hydrogens is 743 g/mol. The molecule has 0 rings (SSSR count). The zero-order valence-corrected chi connectivity index (χ0v) is 40.4. The number of amides is 1. The van der Waals surface area contributed by atoms with Crippen molar-refractivity contribution in [1.29, 1.82) is 0 Å². The van der Waals surface area contributed by atoms with Crippen molar-refractivity contribution >= 4 is 11.9 Å². The third-order valence-electron chi connectivity index (χ3n) is 12.3. The number of carbonyl (C=O) groups is 2. The van der Waals surface area contributed by atoms with Crippen LogP contribution in [-0.2, 0) is 14.3 Å². The molecule has 0 spiro atoms. The van der Waals surface area contributed by atoms with Crippen LogP contribution in [0, 0.1) is 0 Å². The van der Waals surface area contributed by atoms with E-state index in [-0.39, 0.29) is 24.9 Å². The largest absolute Gasteiger partial charge is 0.462 e. The average Bonchev–Trinajstić information content (AvgIpc) is 3.24. The fraction of sp³-hybridized carbons (Fsp3) is 0.889. The van der Waals surface area contributed by atoms with Crippen LogP contribution >= 0.6 is 0 Å². The third kappa shape index (κ3) is 43.0. The van der Waals surface area contributed by atoms with Gasteiger partial charge in [0, 0.05) is 6.42 Å². The number of rotatable bonds is 48. The first kappa shape index (κ1) is 58.3. The lowest BCUT2D eigenvalue weighted by Gasteiger charge is -2.24. The van der Waals surface area contributed by atoms with E-state index in [9.17, 15) is 19.8 Å². The first-order chi connectivity index (χ1) is 29.5. The molecule has 0 saturated heterocycles. The highest BCUT2D eigenvalue weighted by molar-refractivity contribution is 5.77. The fourth-order valence-electron chi connectivity index (χ4n) is 8.19. The summed E-state index contributed by atoms with van der Waals surface area (Å²) >= 11 is 0. The molecule has 6 heteroatoms. The van der Waals surface area contributed by atoms with E-state index in [1.165, 1.54) is 173 Å². The fourth-order valence-corrected chi connectivity index (χ4v) is 8.19. The quantitative estimate of drug-likeness (QED) is 0.0322. The van der Waals surface area contributed by atoms with Gasteiger partial charge in [-0.3, -0.25) is 9.59 Å². The molecule has 3 unspecified atom stereocenters. The molecule has 1 amide bonds. The number of carbonyl (C=O) groups excluding carboxylic acids is 2. The van der Waals surface area contributed by atoms with E-state index < -0.39 is 18.2 Å². The molecule has 0 bridgehead atoms. The minimum atomic E-state index is -0.788. The normalized spacial score (nSPS) is 13.3. The van der Waals surface area contributed by atoms with Gasteiger partial charge < -0.3 is 20.3 Å². The van der Waals surface area contributed by atoms with Crippen molar-refractivity contribution in [2.75, 3.05) is 6.61 Å². The summed E-state index contributed by atoms with van der Waals surface area (Å²) in [4.78, 5) is 26.1. The second-order valence-electron chi connectivity index (χ2n) is 18.3. The second-order valence-corrected chi connectivity index (χ2v) is 18.3. The van der Waals surface area contributed by atoms with E-state index in [4.69, 9.17) is 4.74 Å². The number of ether oxygens (including phenoxy) is 1. The van der Waals surface area contributed by atoms with Crippen LogP contribution in [0.4, 0.5) is 0 Å². The molecule has 0 fully saturated rings. The standard InChI is InChI=1S/C54H103NO5/c1-4-7-10-13-16-19-22-24-26-27-28-30-32-35-38-41-44-47-54(59)60-50(45-42-39-36-33-31-29-25-23-20-17-14-11-8-5-2)48-53(58)55-51(49-56)52(57)46-43-40-37-34-21-18-15-12-9-6-3/h24,26,29,31,50-52,56-57H,4-23,25,27-28,30,32-49H2,1-3H3,(H,55,58)/b26-24+,31-29+. The summed E-state index contributed by atoms with van der Waals surface area (Å²) in [5.41, 5.74) is 0. The van der Waals surface area contributed by atoms with E-state index in [0.717, 1.165) is 64.2 Å². The van der Waals surface area contributed by atoms with Crippen molar-refractivity contribution in [3.8, 4) is 0 Å². The van der Waals surface area contributed by atoms with Crippen LogP contribution in [0.2, 0.25) is 0 Å². The van der Waals surface area contributed by atoms with Crippen LogP contribution in [0.5, 0.6) is 0 Å². The Balaban J connectivity index is 4.55. The van der Waals surface area contributed by atoms with Crippen molar-refractivity contribution in [3.05, 3.63) is 24.3 Å². The van der Waals surface area contributed by atoms with Gasteiger partial charge >= 0.3 is 5.97 Å². The van der Waals surface area contributed by atoms with Crippen molar-refractivity contribution < 1.29 is 24.5 Å². The average molecular weight is 846 g/mol. The summed E-state index contributed by atoms with van der Waals surface area (Å²) in [6.07, 6.45) is 55.3. The van der Waals surface area contributed by atoms with Crippen molar-refractivity contribution in [1.82, 2.24) is 5.32 Å². The number of hydrogen-bond donors (Lipinski definition) is 3. The van der Waals surface area contributed by atoms with Crippen molar-refractivity contribution in [2.45, 2.75) is 302 Å². The van der Waals surface area contributed by atoms with E-state index >= 15 is 0 Å². The Bertz CT molecular complexity index is 950. The summed E-state index contributed by atoms with van der Waals surface area (Å²) in [5.74, 6) is -0.482. The summed E-state index contributed by atoms with van der Waals surface area (Å²) in [6.45, 7) is 6.48. The summed E-state index contributed by atoms with van der Waals surface area (Å²) in [7, 11) is 0. The Kier molecular flexibility index (Phi) is 47.0.